The lowest BCUT2D eigenvalue weighted by atomic mass is 10.1. The number of benzene rings is 4. The van der Waals surface area contributed by atoms with Crippen LogP contribution in [0.25, 0.3) is 11.3 Å². The molecule has 1 heterocycles. The normalized spacial score (nSPS) is 10.6. The van der Waals surface area contributed by atoms with E-state index in [1.807, 2.05) is 78.9 Å². The van der Waals surface area contributed by atoms with Gasteiger partial charge in [0.1, 0.15) is 47.6 Å². The van der Waals surface area contributed by atoms with Gasteiger partial charge in [-0.05, 0) is 41.5 Å². The van der Waals surface area contributed by atoms with E-state index in [2.05, 4.69) is 15.5 Å². The van der Waals surface area contributed by atoms with E-state index in [-0.39, 0.29) is 5.69 Å². The molecule has 1 aromatic heterocycles. The third kappa shape index (κ3) is 6.24. The Labute approximate surface area is 232 Å². The summed E-state index contributed by atoms with van der Waals surface area (Å²) in [5.41, 5.74) is 4.05. The van der Waals surface area contributed by atoms with Crippen LogP contribution in [0.4, 0.5) is 5.69 Å². The van der Waals surface area contributed by atoms with Crippen molar-refractivity contribution in [3.05, 3.63) is 120 Å². The van der Waals surface area contributed by atoms with Crippen LogP contribution in [0.5, 0.6) is 23.0 Å². The molecule has 0 spiro atoms. The Bertz CT molecular complexity index is 1550. The molecule has 0 saturated heterocycles. The molecule has 0 radical (unpaired) electrons. The molecule has 0 atom stereocenters. The first-order valence-electron chi connectivity index (χ1n) is 12.7. The van der Waals surface area contributed by atoms with Crippen LogP contribution in [0.2, 0.25) is 0 Å². The molecule has 202 valence electrons. The largest absolute Gasteiger partial charge is 0.494 e. The zero-order chi connectivity index (χ0) is 27.7. The van der Waals surface area contributed by atoms with Gasteiger partial charge in [-0.3, -0.25) is 9.89 Å². The van der Waals surface area contributed by atoms with Gasteiger partial charge in [0.15, 0.2) is 0 Å². The highest BCUT2D eigenvalue weighted by molar-refractivity contribution is 6.05. The monoisotopic (exact) mass is 535 g/mol. The van der Waals surface area contributed by atoms with Gasteiger partial charge < -0.3 is 24.3 Å². The summed E-state index contributed by atoms with van der Waals surface area (Å²) in [7, 11) is 3.06. The van der Waals surface area contributed by atoms with Crippen LogP contribution in [-0.2, 0) is 13.2 Å². The second-order valence-corrected chi connectivity index (χ2v) is 8.87. The number of amides is 1. The third-order valence-electron chi connectivity index (χ3n) is 6.20. The number of H-pyrrole nitrogens is 1. The first kappa shape index (κ1) is 26.4. The number of aromatic nitrogens is 2. The quantitative estimate of drug-likeness (QED) is 0.200. The highest BCUT2D eigenvalue weighted by atomic mass is 16.5. The third-order valence-corrected chi connectivity index (χ3v) is 6.20. The summed E-state index contributed by atoms with van der Waals surface area (Å²) in [6, 6.07) is 32.4. The Kier molecular flexibility index (Phi) is 8.26. The van der Waals surface area contributed by atoms with Crippen LogP contribution < -0.4 is 24.3 Å². The van der Waals surface area contributed by atoms with Crippen LogP contribution in [0, 0.1) is 0 Å². The topological polar surface area (TPSA) is 94.7 Å². The fraction of sp³-hybridized carbons (Fsp3) is 0.125. The van der Waals surface area contributed by atoms with Gasteiger partial charge in [-0.1, -0.05) is 66.7 Å². The molecule has 0 saturated carbocycles. The van der Waals surface area contributed by atoms with Crippen molar-refractivity contribution in [2.45, 2.75) is 13.2 Å². The van der Waals surface area contributed by atoms with Crippen LogP contribution in [0.1, 0.15) is 21.6 Å². The van der Waals surface area contributed by atoms with Gasteiger partial charge in [-0.2, -0.15) is 5.10 Å². The van der Waals surface area contributed by atoms with Crippen molar-refractivity contribution in [2.24, 2.45) is 0 Å². The molecule has 40 heavy (non-hydrogen) atoms. The van der Waals surface area contributed by atoms with Gasteiger partial charge >= 0.3 is 0 Å². The maximum absolute atomic E-state index is 13.1. The predicted octanol–water partition coefficient (Wildman–Crippen LogP) is 6.50. The van der Waals surface area contributed by atoms with Crippen LogP contribution >= 0.6 is 0 Å². The van der Waals surface area contributed by atoms with Crippen molar-refractivity contribution in [2.75, 3.05) is 19.5 Å². The second kappa shape index (κ2) is 12.5. The Morgan fingerprint density at radius 1 is 0.725 bits per heavy atom. The van der Waals surface area contributed by atoms with Gasteiger partial charge in [0.05, 0.1) is 19.9 Å². The maximum Gasteiger partial charge on any atom is 0.273 e. The minimum Gasteiger partial charge on any atom is -0.494 e. The van der Waals surface area contributed by atoms with Gasteiger partial charge in [0, 0.05) is 11.6 Å². The van der Waals surface area contributed by atoms with Crippen molar-refractivity contribution >= 4 is 11.6 Å². The standard InChI is InChI=1S/C32H29N3O5/c1-37-28-14-9-15-29(38-2)31(28)33-32(36)27-19-26(34-35-27)25-17-16-24(39-20-22-10-5-3-6-11-22)18-30(25)40-21-23-12-7-4-8-13-23/h3-19H,20-21H2,1-2H3,(H,33,36)(H,34,35). The van der Waals surface area contributed by atoms with E-state index in [4.69, 9.17) is 18.9 Å². The molecular formula is C32H29N3O5. The molecule has 4 aromatic carbocycles. The second-order valence-electron chi connectivity index (χ2n) is 8.87. The first-order chi connectivity index (χ1) is 19.6. The average Bonchev–Trinajstić information content (AvgIpc) is 3.50. The number of rotatable bonds is 11. The summed E-state index contributed by atoms with van der Waals surface area (Å²) in [5, 5.41) is 10.1. The molecule has 8 nitrogen and oxygen atoms in total. The number of hydrogen-bond donors (Lipinski definition) is 2. The Hall–Kier alpha value is -5.24. The highest BCUT2D eigenvalue weighted by Gasteiger charge is 2.19. The highest BCUT2D eigenvalue weighted by Crippen LogP contribution is 2.36. The zero-order valence-electron chi connectivity index (χ0n) is 22.2. The minimum absolute atomic E-state index is 0.265. The van der Waals surface area contributed by atoms with Gasteiger partial charge in [-0.15, -0.1) is 0 Å². The van der Waals surface area contributed by atoms with E-state index < -0.39 is 5.91 Å². The summed E-state index contributed by atoms with van der Waals surface area (Å²) >= 11 is 0. The number of para-hydroxylation sites is 1. The molecule has 0 fully saturated rings. The molecule has 1 amide bonds. The van der Waals surface area contributed by atoms with Gasteiger partial charge in [0.2, 0.25) is 0 Å². The van der Waals surface area contributed by atoms with Gasteiger partial charge in [0.25, 0.3) is 5.91 Å². The number of nitrogens with zero attached hydrogens (tertiary/aromatic N) is 1. The maximum atomic E-state index is 13.1. The Balaban J connectivity index is 1.39. The van der Waals surface area contributed by atoms with Gasteiger partial charge in [-0.25, -0.2) is 0 Å². The van der Waals surface area contributed by atoms with E-state index >= 15 is 0 Å². The van der Waals surface area contributed by atoms with Crippen LogP contribution in [0.3, 0.4) is 0 Å². The van der Waals surface area contributed by atoms with E-state index in [0.717, 1.165) is 11.1 Å². The lowest BCUT2D eigenvalue weighted by Gasteiger charge is -2.13. The van der Waals surface area contributed by atoms with Crippen molar-refractivity contribution in [3.8, 4) is 34.3 Å². The lowest BCUT2D eigenvalue weighted by Crippen LogP contribution is -2.14. The summed E-state index contributed by atoms with van der Waals surface area (Å²) in [6.45, 7) is 0.790. The summed E-state index contributed by atoms with van der Waals surface area (Å²) in [5.74, 6) is 1.81. The summed E-state index contributed by atoms with van der Waals surface area (Å²) in [6.07, 6.45) is 0. The number of anilines is 1. The number of carbonyl (C=O) groups excluding carboxylic acids is 1. The Morgan fingerprint density at radius 2 is 1.35 bits per heavy atom. The number of nitrogens with one attached hydrogen (secondary N) is 2. The molecule has 0 unspecified atom stereocenters. The predicted molar refractivity (Wildman–Crippen MR) is 153 cm³/mol. The smallest absolute Gasteiger partial charge is 0.273 e. The van der Waals surface area contributed by atoms with Crippen LogP contribution in [0.15, 0.2) is 103 Å². The molecule has 0 aliphatic carbocycles. The molecule has 0 aliphatic rings. The van der Waals surface area contributed by atoms with E-state index in [9.17, 15) is 4.79 Å². The Morgan fingerprint density at radius 3 is 1.98 bits per heavy atom. The minimum atomic E-state index is -0.392. The van der Waals surface area contributed by atoms with Crippen LogP contribution in [-0.4, -0.2) is 30.3 Å². The van der Waals surface area contributed by atoms with Crippen molar-refractivity contribution < 1.29 is 23.7 Å². The molecule has 8 heteroatoms. The molecule has 5 aromatic rings. The number of methoxy groups -OCH3 is 2. The van der Waals surface area contributed by atoms with Crippen molar-refractivity contribution in [1.82, 2.24) is 10.2 Å². The average molecular weight is 536 g/mol. The fourth-order valence-corrected chi connectivity index (χ4v) is 4.13. The fourth-order valence-electron chi connectivity index (χ4n) is 4.13. The first-order valence-corrected chi connectivity index (χ1v) is 12.7. The molecule has 0 bridgehead atoms. The number of carbonyl (C=O) groups is 1. The molecular weight excluding hydrogens is 506 g/mol. The SMILES string of the molecule is COc1cccc(OC)c1NC(=O)c1cc(-c2ccc(OCc3ccccc3)cc2OCc2ccccc2)n[nH]1. The molecule has 5 rings (SSSR count). The van der Waals surface area contributed by atoms with E-state index in [1.54, 1.807) is 24.3 Å². The van der Waals surface area contributed by atoms with E-state index in [0.29, 0.717) is 53.2 Å². The van der Waals surface area contributed by atoms with Crippen molar-refractivity contribution in [3.63, 3.8) is 0 Å². The summed E-state index contributed by atoms with van der Waals surface area (Å²) in [4.78, 5) is 13.1. The molecule has 0 aliphatic heterocycles. The van der Waals surface area contributed by atoms with Crippen molar-refractivity contribution in [1.29, 1.82) is 0 Å². The molecule has 2 N–H and O–H groups in total. The number of ether oxygens (including phenoxy) is 4. The summed E-state index contributed by atoms with van der Waals surface area (Å²) < 4.78 is 23.0. The zero-order valence-corrected chi connectivity index (χ0v) is 22.2. The number of aromatic amines is 1. The number of hydrogen-bond acceptors (Lipinski definition) is 6. The lowest BCUT2D eigenvalue weighted by molar-refractivity contribution is 0.102. The van der Waals surface area contributed by atoms with E-state index in [1.165, 1.54) is 14.2 Å².